The van der Waals surface area contributed by atoms with Crippen molar-refractivity contribution in [3.05, 3.63) is 60.2 Å². The number of hydrogen-bond acceptors (Lipinski definition) is 3. The van der Waals surface area contributed by atoms with Crippen LogP contribution in [-0.4, -0.2) is 44.1 Å². The van der Waals surface area contributed by atoms with Crippen molar-refractivity contribution in [3.8, 4) is 11.1 Å². The predicted octanol–water partition coefficient (Wildman–Crippen LogP) is 5.16. The van der Waals surface area contributed by atoms with Gasteiger partial charge in [-0.15, -0.1) is 0 Å². The average Bonchev–Trinajstić information content (AvgIpc) is 3.06. The van der Waals surface area contributed by atoms with Crippen molar-refractivity contribution in [1.29, 1.82) is 0 Å². The molecule has 1 aliphatic rings. The van der Waals surface area contributed by atoms with Crippen molar-refractivity contribution in [2.75, 3.05) is 13.2 Å². The molecule has 0 unspecified atom stereocenters. The fourth-order valence-electron chi connectivity index (χ4n) is 3.27. The van der Waals surface area contributed by atoms with E-state index in [-0.39, 0.29) is 29.3 Å². The van der Waals surface area contributed by atoms with Gasteiger partial charge >= 0.3 is 0 Å². The summed E-state index contributed by atoms with van der Waals surface area (Å²) >= 11 is 0. The molecule has 1 fully saturated rings. The van der Waals surface area contributed by atoms with Crippen LogP contribution in [-0.2, 0) is 9.22 Å². The number of likely N-dealkylation sites (tertiary alicyclic amines) is 1. The van der Waals surface area contributed by atoms with Gasteiger partial charge in [0, 0.05) is 12.0 Å². The monoisotopic (exact) mass is 409 g/mol. The van der Waals surface area contributed by atoms with Gasteiger partial charge in [0.15, 0.2) is 14.1 Å². The van der Waals surface area contributed by atoms with E-state index in [0.717, 1.165) is 11.1 Å². The highest BCUT2D eigenvalue weighted by molar-refractivity contribution is 6.74. The molecule has 1 saturated heterocycles. The molecule has 0 aliphatic carbocycles. The van der Waals surface area contributed by atoms with Crippen molar-refractivity contribution >= 4 is 20.0 Å². The SMILES string of the molecule is CC(C)(C)[Si](C)(C)OC[C@@H]1CC(=O)CN1C(=O)c1ccc(-c2ccccc2)cc1. The summed E-state index contributed by atoms with van der Waals surface area (Å²) < 4.78 is 6.31. The lowest BCUT2D eigenvalue weighted by Gasteiger charge is -2.37. The second-order valence-electron chi connectivity index (χ2n) is 9.34. The summed E-state index contributed by atoms with van der Waals surface area (Å²) in [6, 6.07) is 17.5. The first-order valence-electron chi connectivity index (χ1n) is 10.2. The molecule has 154 valence electrons. The number of carbonyl (C=O) groups excluding carboxylic acids is 2. The normalized spacial score (nSPS) is 17.6. The van der Waals surface area contributed by atoms with Crippen molar-refractivity contribution < 1.29 is 14.0 Å². The number of amides is 1. The number of hydrogen-bond donors (Lipinski definition) is 0. The Kier molecular flexibility index (Phi) is 6.10. The van der Waals surface area contributed by atoms with Gasteiger partial charge in [-0.1, -0.05) is 63.2 Å². The second kappa shape index (κ2) is 8.25. The van der Waals surface area contributed by atoms with Gasteiger partial charge in [-0.25, -0.2) is 0 Å². The summed E-state index contributed by atoms with van der Waals surface area (Å²) in [5, 5.41) is 0.0950. The molecule has 1 amide bonds. The summed E-state index contributed by atoms with van der Waals surface area (Å²) in [6.45, 7) is 11.6. The third-order valence-electron chi connectivity index (χ3n) is 6.19. The molecule has 1 heterocycles. The van der Waals surface area contributed by atoms with E-state index in [2.05, 4.69) is 33.9 Å². The molecule has 0 N–H and O–H groups in total. The van der Waals surface area contributed by atoms with E-state index in [1.807, 2.05) is 54.6 Å². The Labute approximate surface area is 175 Å². The lowest BCUT2D eigenvalue weighted by atomic mass is 10.0. The molecule has 3 rings (SSSR count). The standard InChI is InChI=1S/C24H31NO3Si/c1-24(2,3)29(4,5)28-17-21-15-22(26)16-25(21)23(27)20-13-11-19(12-14-20)18-9-7-6-8-10-18/h6-14,21H,15-17H2,1-5H3/t21-/m0/s1. The zero-order valence-electron chi connectivity index (χ0n) is 18.1. The number of benzene rings is 2. The predicted molar refractivity (Wildman–Crippen MR) is 119 cm³/mol. The minimum atomic E-state index is -1.93. The number of nitrogens with zero attached hydrogens (tertiary/aromatic N) is 1. The van der Waals surface area contributed by atoms with Crippen LogP contribution in [0.15, 0.2) is 54.6 Å². The molecule has 2 aromatic carbocycles. The van der Waals surface area contributed by atoms with Crippen LogP contribution in [0.25, 0.3) is 11.1 Å². The van der Waals surface area contributed by atoms with Crippen molar-refractivity contribution in [1.82, 2.24) is 4.90 Å². The van der Waals surface area contributed by atoms with Crippen LogP contribution in [0.3, 0.4) is 0 Å². The molecule has 0 bridgehead atoms. The van der Waals surface area contributed by atoms with E-state index in [1.165, 1.54) is 0 Å². The van der Waals surface area contributed by atoms with Gasteiger partial charge in [0.05, 0.1) is 19.2 Å². The van der Waals surface area contributed by atoms with E-state index in [1.54, 1.807) is 4.90 Å². The van der Waals surface area contributed by atoms with Crippen LogP contribution in [0, 0.1) is 0 Å². The summed E-state index contributed by atoms with van der Waals surface area (Å²) in [5.74, 6) is 0.00220. The van der Waals surface area contributed by atoms with Gasteiger partial charge in [0.2, 0.25) is 0 Å². The highest BCUT2D eigenvalue weighted by atomic mass is 28.4. The molecule has 2 aromatic rings. The summed E-state index contributed by atoms with van der Waals surface area (Å²) in [7, 11) is -1.93. The van der Waals surface area contributed by atoms with E-state index in [9.17, 15) is 9.59 Å². The molecule has 5 heteroatoms. The first-order chi connectivity index (χ1) is 13.6. The van der Waals surface area contributed by atoms with Gasteiger partial charge in [-0.3, -0.25) is 9.59 Å². The van der Waals surface area contributed by atoms with Gasteiger partial charge in [-0.2, -0.15) is 0 Å². The lowest BCUT2D eigenvalue weighted by molar-refractivity contribution is -0.116. The Morgan fingerprint density at radius 1 is 1.03 bits per heavy atom. The number of Topliss-reactive ketones (excluding diaryl/α,β-unsaturated/α-hetero) is 1. The largest absolute Gasteiger partial charge is 0.415 e. The molecular formula is C24H31NO3Si. The quantitative estimate of drug-likeness (QED) is 0.641. The maximum absolute atomic E-state index is 13.1. The number of carbonyl (C=O) groups is 2. The molecule has 4 nitrogen and oxygen atoms in total. The van der Waals surface area contributed by atoms with Crippen molar-refractivity contribution in [2.24, 2.45) is 0 Å². The van der Waals surface area contributed by atoms with E-state index in [0.29, 0.717) is 18.6 Å². The minimum absolute atomic E-state index is 0.0950. The topological polar surface area (TPSA) is 46.6 Å². The minimum Gasteiger partial charge on any atom is -0.415 e. The molecule has 0 saturated carbocycles. The third-order valence-corrected chi connectivity index (χ3v) is 10.7. The second-order valence-corrected chi connectivity index (χ2v) is 14.2. The van der Waals surface area contributed by atoms with E-state index in [4.69, 9.17) is 4.43 Å². The maximum atomic E-state index is 13.1. The molecule has 0 aromatic heterocycles. The van der Waals surface area contributed by atoms with Crippen LogP contribution < -0.4 is 0 Å². The first-order valence-corrected chi connectivity index (χ1v) is 13.1. The average molecular weight is 410 g/mol. The van der Waals surface area contributed by atoms with Crippen LogP contribution in [0.5, 0.6) is 0 Å². The van der Waals surface area contributed by atoms with Crippen LogP contribution >= 0.6 is 0 Å². The highest BCUT2D eigenvalue weighted by Gasteiger charge is 2.40. The fourth-order valence-corrected chi connectivity index (χ4v) is 4.31. The van der Waals surface area contributed by atoms with Gasteiger partial charge in [0.1, 0.15) is 0 Å². The summed E-state index contributed by atoms with van der Waals surface area (Å²) in [5.41, 5.74) is 2.79. The summed E-state index contributed by atoms with van der Waals surface area (Å²) in [4.78, 5) is 26.9. The molecule has 1 aliphatic heterocycles. The lowest BCUT2D eigenvalue weighted by Crippen LogP contribution is -2.46. The third kappa shape index (κ3) is 4.85. The molecule has 1 atom stereocenters. The fraction of sp³-hybridized carbons (Fsp3) is 0.417. The van der Waals surface area contributed by atoms with Gasteiger partial charge in [0.25, 0.3) is 5.91 Å². The van der Waals surface area contributed by atoms with Crippen LogP contribution in [0.1, 0.15) is 37.6 Å². The van der Waals surface area contributed by atoms with Crippen LogP contribution in [0.4, 0.5) is 0 Å². The Morgan fingerprint density at radius 3 is 2.21 bits per heavy atom. The Hall–Kier alpha value is -2.24. The number of ketones is 1. The Bertz CT molecular complexity index is 869. The molecule has 29 heavy (non-hydrogen) atoms. The molecule has 0 radical (unpaired) electrons. The molecule has 0 spiro atoms. The van der Waals surface area contributed by atoms with E-state index < -0.39 is 8.32 Å². The maximum Gasteiger partial charge on any atom is 0.254 e. The Balaban J connectivity index is 1.72. The Morgan fingerprint density at radius 2 is 1.62 bits per heavy atom. The smallest absolute Gasteiger partial charge is 0.254 e. The highest BCUT2D eigenvalue weighted by Crippen LogP contribution is 2.37. The van der Waals surface area contributed by atoms with E-state index >= 15 is 0 Å². The van der Waals surface area contributed by atoms with Crippen molar-refractivity contribution in [2.45, 2.75) is 51.4 Å². The van der Waals surface area contributed by atoms with Crippen molar-refractivity contribution in [3.63, 3.8) is 0 Å². The van der Waals surface area contributed by atoms with Crippen LogP contribution in [0.2, 0.25) is 18.1 Å². The summed E-state index contributed by atoms with van der Waals surface area (Å²) in [6.07, 6.45) is 0.377. The zero-order valence-corrected chi connectivity index (χ0v) is 19.1. The van der Waals surface area contributed by atoms with Gasteiger partial charge in [-0.05, 0) is 41.4 Å². The molecular weight excluding hydrogens is 378 g/mol. The number of rotatable bonds is 5. The van der Waals surface area contributed by atoms with Gasteiger partial charge < -0.3 is 9.33 Å². The zero-order chi connectivity index (χ0) is 21.2. The first kappa shape index (κ1) is 21.5.